The molecule has 0 aliphatic carbocycles. The molecule has 0 spiro atoms. The van der Waals surface area contributed by atoms with Crippen molar-refractivity contribution in [3.8, 4) is 5.75 Å². The van der Waals surface area contributed by atoms with Crippen LogP contribution < -0.4 is 10.6 Å². The highest BCUT2D eigenvalue weighted by molar-refractivity contribution is 7.83. The smallest absolute Gasteiger partial charge is 0.417 e. The first-order valence-corrected chi connectivity index (χ1v) is 12.2. The van der Waals surface area contributed by atoms with Crippen molar-refractivity contribution in [2.75, 3.05) is 19.4 Å². The summed E-state index contributed by atoms with van der Waals surface area (Å²) in [4.78, 5) is 13.4. The molecule has 0 radical (unpaired) electrons. The Labute approximate surface area is 209 Å². The summed E-state index contributed by atoms with van der Waals surface area (Å²) in [5.41, 5.74) is -1.40. The first-order valence-electron chi connectivity index (χ1n) is 11.2. The molecule has 1 aromatic carbocycles. The van der Waals surface area contributed by atoms with E-state index in [4.69, 9.17) is 4.42 Å². The number of hydrogen-bond acceptors (Lipinski definition) is 6. The Morgan fingerprint density at radius 3 is 2.47 bits per heavy atom. The van der Waals surface area contributed by atoms with Gasteiger partial charge >= 0.3 is 6.18 Å². The average Bonchev–Trinajstić information content (AvgIpc) is 3.37. The van der Waals surface area contributed by atoms with Gasteiger partial charge in [-0.25, -0.2) is 4.21 Å². The van der Waals surface area contributed by atoms with Crippen LogP contribution in [0.4, 0.5) is 18.9 Å². The minimum absolute atomic E-state index is 0.0703. The number of aromatic hydroxyl groups is 1. The summed E-state index contributed by atoms with van der Waals surface area (Å²) in [5.74, 6) is -0.883. The second kappa shape index (κ2) is 10.7. The van der Waals surface area contributed by atoms with Gasteiger partial charge in [0.2, 0.25) is 0 Å². The lowest BCUT2D eigenvalue weighted by Crippen LogP contribution is -2.36. The van der Waals surface area contributed by atoms with E-state index in [0.717, 1.165) is 23.0 Å². The predicted octanol–water partition coefficient (Wildman–Crippen LogP) is 4.45. The average molecular weight is 528 g/mol. The Morgan fingerprint density at radius 1 is 1.22 bits per heavy atom. The number of amidine groups is 2. The van der Waals surface area contributed by atoms with Gasteiger partial charge in [0.05, 0.1) is 29.1 Å². The van der Waals surface area contributed by atoms with Crippen LogP contribution in [0, 0.1) is 5.92 Å². The number of carbonyl (C=O) groups excluding carboxylic acids is 1. The second-order valence-corrected chi connectivity index (χ2v) is 9.70. The number of halogens is 3. The normalized spacial score (nSPS) is 16.5. The quantitative estimate of drug-likeness (QED) is 0.458. The molecule has 2 aromatic rings. The van der Waals surface area contributed by atoms with Crippen molar-refractivity contribution in [3.63, 3.8) is 0 Å². The van der Waals surface area contributed by atoms with Crippen molar-refractivity contribution in [3.05, 3.63) is 46.9 Å². The van der Waals surface area contributed by atoms with Gasteiger partial charge in [-0.1, -0.05) is 20.8 Å². The minimum atomic E-state index is -4.87. The van der Waals surface area contributed by atoms with E-state index in [1.165, 1.54) is 14.1 Å². The van der Waals surface area contributed by atoms with Gasteiger partial charge in [0, 0.05) is 14.1 Å². The fourth-order valence-corrected chi connectivity index (χ4v) is 4.26. The number of rotatable bonds is 7. The highest BCUT2D eigenvalue weighted by atomic mass is 32.2. The van der Waals surface area contributed by atoms with Gasteiger partial charge in [0.1, 0.15) is 5.76 Å². The summed E-state index contributed by atoms with van der Waals surface area (Å²) in [7, 11) is 2.54. The largest absolute Gasteiger partial charge is 0.505 e. The summed E-state index contributed by atoms with van der Waals surface area (Å²) >= 11 is -2.00. The molecular weight excluding hydrogens is 499 g/mol. The maximum absolute atomic E-state index is 13.5. The molecule has 1 aromatic heterocycles. The van der Waals surface area contributed by atoms with Crippen LogP contribution in [0.15, 0.2) is 37.7 Å². The molecule has 3 N–H and O–H groups in total. The number of amides is 1. The second-order valence-electron chi connectivity index (χ2n) is 8.88. The third kappa shape index (κ3) is 6.07. The first-order chi connectivity index (χ1) is 16.8. The topological polar surface area (TPSA) is 120 Å². The molecule has 0 saturated heterocycles. The summed E-state index contributed by atoms with van der Waals surface area (Å²) in [5, 5.41) is 16.4. The number of phenols is 1. The van der Waals surface area contributed by atoms with Crippen LogP contribution in [0.25, 0.3) is 0 Å². The summed E-state index contributed by atoms with van der Waals surface area (Å²) in [6.45, 7) is 6.08. The van der Waals surface area contributed by atoms with Gasteiger partial charge < -0.3 is 25.1 Å². The van der Waals surface area contributed by atoms with Crippen molar-refractivity contribution >= 4 is 34.4 Å². The Balaban J connectivity index is 1.89. The fourth-order valence-electron chi connectivity index (χ4n) is 3.63. The summed E-state index contributed by atoms with van der Waals surface area (Å²) in [6.07, 6.45) is -1.80. The first kappa shape index (κ1) is 27.2. The molecule has 9 nitrogen and oxygen atoms in total. The van der Waals surface area contributed by atoms with Gasteiger partial charge in [-0.2, -0.15) is 13.2 Å². The monoisotopic (exact) mass is 527 g/mol. The van der Waals surface area contributed by atoms with Gasteiger partial charge in [-0.15, -0.1) is 8.80 Å². The third-order valence-electron chi connectivity index (χ3n) is 5.30. The van der Waals surface area contributed by atoms with Crippen molar-refractivity contribution in [1.82, 2.24) is 10.2 Å². The molecule has 1 aliphatic rings. The van der Waals surface area contributed by atoms with E-state index >= 15 is 0 Å². The molecule has 2 atom stereocenters. The van der Waals surface area contributed by atoms with Crippen LogP contribution in [0.2, 0.25) is 0 Å². The number of benzene rings is 1. The van der Waals surface area contributed by atoms with Gasteiger partial charge in [0.15, 0.2) is 17.4 Å². The van der Waals surface area contributed by atoms with Crippen LogP contribution in [0.3, 0.4) is 0 Å². The Kier molecular flexibility index (Phi) is 8.12. The zero-order chi connectivity index (χ0) is 26.8. The molecular formula is C23H28F3N5O4S. The number of nitrogens with zero attached hydrogens (tertiary/aromatic N) is 3. The molecule has 1 amide bonds. The number of nitrogens with one attached hydrogen (secondary N) is 2. The van der Waals surface area contributed by atoms with E-state index in [2.05, 4.69) is 33.3 Å². The SMILES string of the molecule is CC[C@@H](NC1=NS(=O)N=C1Nc1ccc(C(F)(F)F)c(C(=O)N(C)C)c1O)c1cc(CC(C)C)co1. The van der Waals surface area contributed by atoms with Crippen LogP contribution in [-0.2, 0) is 23.8 Å². The lowest BCUT2D eigenvalue weighted by molar-refractivity contribution is -0.138. The van der Waals surface area contributed by atoms with Crippen molar-refractivity contribution in [2.24, 2.45) is 14.7 Å². The van der Waals surface area contributed by atoms with Crippen LogP contribution in [0.1, 0.15) is 60.5 Å². The molecule has 13 heteroatoms. The lowest BCUT2D eigenvalue weighted by Gasteiger charge is -2.20. The van der Waals surface area contributed by atoms with E-state index in [9.17, 15) is 27.3 Å². The molecule has 196 valence electrons. The number of phenolic OH excluding ortho intramolecular Hbond substituents is 1. The minimum Gasteiger partial charge on any atom is -0.505 e. The van der Waals surface area contributed by atoms with E-state index < -0.39 is 40.1 Å². The molecule has 3 rings (SSSR count). The highest BCUT2D eigenvalue weighted by Gasteiger charge is 2.38. The van der Waals surface area contributed by atoms with E-state index in [1.54, 1.807) is 6.26 Å². The Bertz CT molecular complexity index is 1220. The molecule has 36 heavy (non-hydrogen) atoms. The molecule has 0 bridgehead atoms. The zero-order valence-electron chi connectivity index (χ0n) is 20.4. The number of alkyl halides is 3. The maximum Gasteiger partial charge on any atom is 0.417 e. The van der Waals surface area contributed by atoms with Gasteiger partial charge in [-0.3, -0.25) is 4.79 Å². The van der Waals surface area contributed by atoms with Crippen LogP contribution >= 0.6 is 0 Å². The van der Waals surface area contributed by atoms with Crippen LogP contribution in [0.5, 0.6) is 5.75 Å². The van der Waals surface area contributed by atoms with E-state index in [-0.39, 0.29) is 23.4 Å². The number of anilines is 1. The van der Waals surface area contributed by atoms with E-state index in [0.29, 0.717) is 24.2 Å². The molecule has 1 aliphatic heterocycles. The standard InChI is InChI=1S/C23H28F3N5O4S/c1-6-15(17-10-13(11-35-17)9-12(2)3)27-20-21(30-36(34)29-20)28-16-8-7-14(23(24,25)26)18(19(16)32)22(33)31(4)5/h7-8,10-12,15,32H,6,9H2,1-5H3,(H,27,29)(H,28,30)/t15-,36?/m1/s1. The lowest BCUT2D eigenvalue weighted by atomic mass is 10.0. The highest BCUT2D eigenvalue weighted by Crippen LogP contribution is 2.40. The summed E-state index contributed by atoms with van der Waals surface area (Å²) in [6, 6.07) is 3.20. The number of furan rings is 1. The number of carbonyl (C=O) groups is 1. The van der Waals surface area contributed by atoms with Crippen molar-refractivity contribution in [1.29, 1.82) is 0 Å². The molecule has 0 fully saturated rings. The molecule has 1 unspecified atom stereocenters. The third-order valence-corrected chi connectivity index (χ3v) is 5.98. The van der Waals surface area contributed by atoms with Crippen molar-refractivity contribution in [2.45, 2.75) is 45.8 Å². The maximum atomic E-state index is 13.5. The van der Waals surface area contributed by atoms with E-state index in [1.807, 2.05) is 13.0 Å². The Hall–Kier alpha value is -3.35. The molecule has 0 saturated carbocycles. The van der Waals surface area contributed by atoms with Gasteiger partial charge in [0.25, 0.3) is 17.1 Å². The van der Waals surface area contributed by atoms with Crippen LogP contribution in [-0.4, -0.2) is 45.9 Å². The number of hydrogen-bond donors (Lipinski definition) is 3. The zero-order valence-corrected chi connectivity index (χ0v) is 21.3. The predicted molar refractivity (Wildman–Crippen MR) is 131 cm³/mol. The summed E-state index contributed by atoms with van der Waals surface area (Å²) < 4.78 is 66.1. The fraction of sp³-hybridized carbons (Fsp3) is 0.435. The van der Waals surface area contributed by atoms with Crippen molar-refractivity contribution < 1.29 is 31.7 Å². The molecule has 2 heterocycles. The Morgan fingerprint density at radius 2 is 1.89 bits per heavy atom. The van der Waals surface area contributed by atoms with Gasteiger partial charge in [-0.05, 0) is 42.5 Å².